The molecular weight excluding hydrogens is 868 g/mol. The Balaban J connectivity index is 0.00000672. The van der Waals surface area contributed by atoms with Gasteiger partial charge in [0.15, 0.2) is 0 Å². The molecule has 7 aromatic carbocycles. The van der Waals surface area contributed by atoms with E-state index in [0.717, 1.165) is 0 Å². The molecule has 0 N–H and O–H groups in total. The van der Waals surface area contributed by atoms with Crippen LogP contribution in [0, 0.1) is 18.5 Å². The molecule has 0 aliphatic carbocycles. The maximum absolute atomic E-state index is 9.25. The standard InChI is InChI=1S/C50H34N4O.Pt/c1-2-35-29-30-51-49(31-35)54-45-24-10-9-21-43(45)44-28-27-40(33-48(44)54)55-39-20-13-19-38(32-39)52-34-53(47-26-12-11-25-46(47)52)50-41(36-15-5-3-6-16-36)22-14-23-42(50)37-17-7-4-8-18-37;/h3-31H,2H2,1H3;/q-2;/i2D2,3D,4D,5D,6D,7D,8D,9D,10D,15D,16D,17D,18D,21D,24D,27D,28D;. The van der Waals surface area contributed by atoms with Crippen LogP contribution in [0.5, 0.6) is 11.5 Å². The topological polar surface area (TPSA) is 35.9 Å². The van der Waals surface area contributed by atoms with Crippen molar-refractivity contribution in [2.45, 2.75) is 13.3 Å². The number of pyridine rings is 1. The smallest absolute Gasteiger partial charge is 0.268 e. The minimum Gasteiger partial charge on any atom is -0.510 e. The fraction of sp³-hybridized carbons (Fsp3) is 0.0400. The molecule has 3 heterocycles. The summed E-state index contributed by atoms with van der Waals surface area (Å²) < 4.78 is 167. The van der Waals surface area contributed by atoms with E-state index in [9.17, 15) is 1.37 Å². The van der Waals surface area contributed by atoms with E-state index in [4.69, 9.17) is 28.0 Å². The van der Waals surface area contributed by atoms with Crippen molar-refractivity contribution in [3.05, 3.63) is 200 Å². The fourth-order valence-corrected chi connectivity index (χ4v) is 6.57. The first-order chi connectivity index (χ1) is 34.5. The van der Waals surface area contributed by atoms with Crippen molar-refractivity contribution in [3.63, 3.8) is 0 Å². The van der Waals surface area contributed by atoms with Crippen LogP contribution in [0.3, 0.4) is 0 Å². The van der Waals surface area contributed by atoms with E-state index in [0.29, 0.717) is 11.0 Å². The molecule has 10 aromatic rings. The van der Waals surface area contributed by atoms with Gasteiger partial charge in [0.05, 0.1) is 35.9 Å². The summed E-state index contributed by atoms with van der Waals surface area (Å²) >= 11 is 0. The summed E-state index contributed by atoms with van der Waals surface area (Å²) in [5.41, 5.74) is 0.942. The molecule has 6 heteroatoms. The van der Waals surface area contributed by atoms with Crippen molar-refractivity contribution in [3.8, 4) is 50.9 Å². The monoisotopic (exact) mass is 919 g/mol. The number of hydrogen-bond acceptors (Lipinski definition) is 2. The number of rotatable bonds is 8. The molecule has 56 heavy (non-hydrogen) atoms. The maximum Gasteiger partial charge on any atom is 0.268 e. The Labute approximate surface area is 365 Å². The second-order valence-corrected chi connectivity index (χ2v) is 12.1. The third-order valence-electron chi connectivity index (χ3n) is 8.97. The number of benzene rings is 7. The van der Waals surface area contributed by atoms with Crippen LogP contribution in [-0.2, 0) is 27.4 Å². The van der Waals surface area contributed by atoms with E-state index in [1.54, 1.807) is 41.0 Å². The summed E-state index contributed by atoms with van der Waals surface area (Å²) in [6.45, 7) is 1.35. The van der Waals surface area contributed by atoms with Gasteiger partial charge in [-0.3, -0.25) is 4.57 Å². The minimum atomic E-state index is -1.84. The van der Waals surface area contributed by atoms with Gasteiger partial charge in [0.1, 0.15) is 5.82 Å². The zero-order valence-electron chi connectivity index (χ0n) is 47.0. The molecule has 0 unspecified atom stereocenters. The average Bonchev–Trinajstić information content (AvgIpc) is 3.93. The fourth-order valence-electron chi connectivity index (χ4n) is 6.57. The zero-order chi connectivity index (χ0) is 52.4. The molecule has 0 amide bonds. The first kappa shape index (κ1) is 20.4. The van der Waals surface area contributed by atoms with E-state index >= 15 is 0 Å². The average molecular weight is 920 g/mol. The number of fused-ring (bicyclic) bond motifs is 4. The van der Waals surface area contributed by atoms with Gasteiger partial charge in [-0.25, -0.2) is 4.98 Å². The number of aryl methyl sites for hydroxylation is 1. The Morgan fingerprint density at radius 2 is 1.41 bits per heavy atom. The van der Waals surface area contributed by atoms with Gasteiger partial charge in [0.25, 0.3) is 6.33 Å². The summed E-state index contributed by atoms with van der Waals surface area (Å²) in [5.74, 6) is -0.268. The quantitative estimate of drug-likeness (QED) is 0.112. The Bertz CT molecular complexity index is 3890. The number of imidazole rings is 1. The summed E-state index contributed by atoms with van der Waals surface area (Å²) in [6.07, 6.45) is 2.78. The molecule has 0 fully saturated rings. The van der Waals surface area contributed by atoms with Gasteiger partial charge < -0.3 is 13.9 Å². The Kier molecular flexibility index (Phi) is 5.44. The van der Waals surface area contributed by atoms with Crippen molar-refractivity contribution in [2.24, 2.45) is 0 Å². The second kappa shape index (κ2) is 14.9. The molecule has 0 aliphatic heterocycles. The Morgan fingerprint density at radius 3 is 2.18 bits per heavy atom. The SMILES string of the molecule is [2H]c1c([2H])c([2H])c(-c2cccc(-c3c([2H])c([2H])c([2H])c([2H])c3[2H])c2-[n+]2[c-]n(-c3[c-]c(Oc4[c-]c5c(c([2H])c4[2H])c4c([2H])c([2H])c([2H])c([2H])c4n5-c4cc(C([2H])([2H])C)ccn4)ccc3)c3ccccc32)c([2H])c1[2H].[Pt]. The molecule has 0 saturated carbocycles. The minimum absolute atomic E-state index is 0. The molecule has 0 aliphatic rings. The van der Waals surface area contributed by atoms with Crippen molar-refractivity contribution in [2.75, 3.05) is 0 Å². The van der Waals surface area contributed by atoms with E-state index < -0.39 is 103 Å². The number of nitrogens with zero attached hydrogens (tertiary/aromatic N) is 4. The first-order valence-corrected chi connectivity index (χ1v) is 16.9. The van der Waals surface area contributed by atoms with Crippen molar-refractivity contribution >= 4 is 32.8 Å². The van der Waals surface area contributed by atoms with Crippen LogP contribution in [-0.4, -0.2) is 14.1 Å². The van der Waals surface area contributed by atoms with E-state index in [1.165, 1.54) is 58.7 Å². The zero-order valence-corrected chi connectivity index (χ0v) is 31.3. The predicted molar refractivity (Wildman–Crippen MR) is 220 cm³/mol. The summed E-state index contributed by atoms with van der Waals surface area (Å²) in [7, 11) is 0. The van der Waals surface area contributed by atoms with Gasteiger partial charge in [0.2, 0.25) is 0 Å². The molecule has 0 saturated heterocycles. The van der Waals surface area contributed by atoms with Crippen LogP contribution < -0.4 is 9.30 Å². The third kappa shape index (κ3) is 6.20. The van der Waals surface area contributed by atoms with Crippen molar-refractivity contribution < 1.29 is 55.0 Å². The normalized spacial score (nSPS) is 16.0. The van der Waals surface area contributed by atoms with E-state index in [1.807, 2.05) is 0 Å². The van der Waals surface area contributed by atoms with Crippen LogP contribution >= 0.6 is 0 Å². The number of hydrogen-bond donors (Lipinski definition) is 0. The van der Waals surface area contributed by atoms with Gasteiger partial charge >= 0.3 is 0 Å². The molecule has 0 atom stereocenters. The molecular formula is C50H34N4OPt-2. The Hall–Kier alpha value is -6.55. The van der Waals surface area contributed by atoms with Crippen LogP contribution in [0.2, 0.25) is 0 Å². The van der Waals surface area contributed by atoms with Crippen molar-refractivity contribution in [1.82, 2.24) is 14.1 Å². The molecule has 10 rings (SSSR count). The van der Waals surface area contributed by atoms with Gasteiger partial charge in [0, 0.05) is 48.4 Å². The predicted octanol–water partition coefficient (Wildman–Crippen LogP) is 11.5. The maximum atomic E-state index is 9.25. The third-order valence-corrected chi connectivity index (χ3v) is 8.97. The van der Waals surface area contributed by atoms with Gasteiger partial charge in [-0.2, -0.15) is 18.2 Å². The number of ether oxygens (including phenoxy) is 1. The van der Waals surface area contributed by atoms with Crippen LogP contribution in [0.25, 0.3) is 72.3 Å². The van der Waals surface area contributed by atoms with Gasteiger partial charge in [-0.15, -0.1) is 29.6 Å². The summed E-state index contributed by atoms with van der Waals surface area (Å²) in [6, 6.07) is 16.2. The number of para-hydroxylation sites is 4. The van der Waals surface area contributed by atoms with Crippen LogP contribution in [0.1, 0.15) is 37.2 Å². The van der Waals surface area contributed by atoms with E-state index in [2.05, 4.69) is 23.4 Å². The first-order valence-electron chi connectivity index (χ1n) is 25.9. The molecule has 0 radical (unpaired) electrons. The van der Waals surface area contributed by atoms with Crippen LogP contribution in [0.15, 0.2) is 176 Å². The molecule has 0 bridgehead atoms. The van der Waals surface area contributed by atoms with E-state index in [-0.39, 0.29) is 99.4 Å². The summed E-state index contributed by atoms with van der Waals surface area (Å²) in [4.78, 5) is 4.44. The van der Waals surface area contributed by atoms with Gasteiger partial charge in [-0.05, 0) is 64.8 Å². The van der Waals surface area contributed by atoms with Gasteiger partial charge in [-0.1, -0.05) is 133 Å². The molecule has 3 aromatic heterocycles. The Morgan fingerprint density at radius 1 is 0.696 bits per heavy atom. The van der Waals surface area contributed by atoms with Crippen molar-refractivity contribution in [1.29, 1.82) is 0 Å². The molecule has 5 nitrogen and oxygen atoms in total. The largest absolute Gasteiger partial charge is 0.510 e. The van der Waals surface area contributed by atoms with Crippen LogP contribution in [0.4, 0.5) is 0 Å². The molecule has 0 spiro atoms. The second-order valence-electron chi connectivity index (χ2n) is 12.1. The number of aromatic nitrogens is 4. The summed E-state index contributed by atoms with van der Waals surface area (Å²) in [5, 5.41) is -0.123. The molecule has 272 valence electrons.